The van der Waals surface area contributed by atoms with Crippen molar-refractivity contribution in [2.45, 2.75) is 25.8 Å². The van der Waals surface area contributed by atoms with Crippen molar-refractivity contribution in [3.63, 3.8) is 0 Å². The molecule has 2 aromatic rings. The molecule has 0 bridgehead atoms. The molecule has 0 atom stereocenters. The number of imidazole rings is 1. The summed E-state index contributed by atoms with van der Waals surface area (Å²) < 4.78 is 7.65. The number of aromatic nitrogens is 3. The van der Waals surface area contributed by atoms with Gasteiger partial charge in [0.05, 0.1) is 11.7 Å². The van der Waals surface area contributed by atoms with Crippen LogP contribution < -0.4 is 5.73 Å². The Morgan fingerprint density at radius 3 is 3.17 bits per heavy atom. The molecule has 0 saturated heterocycles. The molecule has 0 spiro atoms. The van der Waals surface area contributed by atoms with Gasteiger partial charge in [0.1, 0.15) is 5.52 Å². The van der Waals surface area contributed by atoms with E-state index in [1.54, 1.807) is 12.4 Å². The third kappa shape index (κ3) is 2.46. The minimum Gasteiger partial charge on any atom is -0.381 e. The fourth-order valence-corrected chi connectivity index (χ4v) is 2.09. The summed E-state index contributed by atoms with van der Waals surface area (Å²) in [5.74, 6) is 1.38. The average Bonchev–Trinajstić information content (AvgIpc) is 3.13. The first-order chi connectivity index (χ1) is 8.84. The zero-order valence-electron chi connectivity index (χ0n) is 10.4. The van der Waals surface area contributed by atoms with E-state index in [0.29, 0.717) is 5.95 Å². The maximum Gasteiger partial charge on any atom is 0.201 e. The predicted molar refractivity (Wildman–Crippen MR) is 70.1 cm³/mol. The molecule has 2 heterocycles. The molecule has 3 rings (SSSR count). The lowest BCUT2D eigenvalue weighted by atomic mass is 10.4. The summed E-state index contributed by atoms with van der Waals surface area (Å²) in [6.45, 7) is 2.56. The van der Waals surface area contributed by atoms with Crippen molar-refractivity contribution in [2.24, 2.45) is 5.92 Å². The van der Waals surface area contributed by atoms with Crippen molar-refractivity contribution in [1.82, 2.24) is 14.5 Å². The van der Waals surface area contributed by atoms with Gasteiger partial charge in [-0.2, -0.15) is 0 Å². The van der Waals surface area contributed by atoms with Crippen LogP contribution in [0.5, 0.6) is 0 Å². The number of aryl methyl sites for hydroxylation is 1. The van der Waals surface area contributed by atoms with Crippen LogP contribution in [0.3, 0.4) is 0 Å². The smallest absolute Gasteiger partial charge is 0.201 e. The highest BCUT2D eigenvalue weighted by Gasteiger charge is 2.20. The van der Waals surface area contributed by atoms with E-state index in [-0.39, 0.29) is 0 Å². The minimum absolute atomic E-state index is 0.556. The molecule has 0 radical (unpaired) electrons. The van der Waals surface area contributed by atoms with E-state index in [0.717, 1.165) is 43.1 Å². The highest BCUT2D eigenvalue weighted by molar-refractivity contribution is 5.76. The maximum absolute atomic E-state index is 5.91. The van der Waals surface area contributed by atoms with Gasteiger partial charge < -0.3 is 15.0 Å². The van der Waals surface area contributed by atoms with Gasteiger partial charge in [0, 0.05) is 26.0 Å². The summed E-state index contributed by atoms with van der Waals surface area (Å²) in [6, 6.07) is 1.95. The lowest BCUT2D eigenvalue weighted by molar-refractivity contribution is 0.119. The van der Waals surface area contributed by atoms with Crippen LogP contribution in [-0.4, -0.2) is 27.7 Å². The van der Waals surface area contributed by atoms with Gasteiger partial charge in [-0.3, -0.25) is 4.98 Å². The normalized spacial score (nSPS) is 15.3. The number of nitrogen functional groups attached to an aromatic ring is 1. The molecule has 0 aliphatic heterocycles. The first kappa shape index (κ1) is 11.5. The second kappa shape index (κ2) is 4.94. The maximum atomic E-state index is 5.91. The molecule has 1 fully saturated rings. The molecule has 5 nitrogen and oxygen atoms in total. The first-order valence-corrected chi connectivity index (χ1v) is 6.48. The van der Waals surface area contributed by atoms with Crippen LogP contribution in [0.4, 0.5) is 5.95 Å². The van der Waals surface area contributed by atoms with Gasteiger partial charge in [0.15, 0.2) is 0 Å². The third-order valence-corrected chi connectivity index (χ3v) is 3.30. The number of nitrogens with two attached hydrogens (primary N) is 1. The Morgan fingerprint density at radius 1 is 1.44 bits per heavy atom. The van der Waals surface area contributed by atoms with Gasteiger partial charge >= 0.3 is 0 Å². The van der Waals surface area contributed by atoms with Gasteiger partial charge in [0.2, 0.25) is 5.95 Å². The lowest BCUT2D eigenvalue weighted by Gasteiger charge is -2.06. The van der Waals surface area contributed by atoms with E-state index in [9.17, 15) is 0 Å². The molecule has 0 aromatic carbocycles. The number of fused-ring (bicyclic) bond motifs is 1. The molecule has 18 heavy (non-hydrogen) atoms. The molecule has 0 unspecified atom stereocenters. The van der Waals surface area contributed by atoms with Crippen LogP contribution in [0.1, 0.15) is 19.3 Å². The number of hydrogen-bond acceptors (Lipinski definition) is 4. The van der Waals surface area contributed by atoms with Crippen LogP contribution in [0, 0.1) is 5.92 Å². The van der Waals surface area contributed by atoms with Crippen molar-refractivity contribution in [1.29, 1.82) is 0 Å². The van der Waals surface area contributed by atoms with Gasteiger partial charge in [-0.1, -0.05) is 0 Å². The molecule has 1 aliphatic rings. The molecule has 2 N–H and O–H groups in total. The summed E-state index contributed by atoms with van der Waals surface area (Å²) >= 11 is 0. The third-order valence-electron chi connectivity index (χ3n) is 3.30. The Bertz CT molecular complexity index is 533. The summed E-state index contributed by atoms with van der Waals surface area (Å²) in [6.07, 6.45) is 7.15. The predicted octanol–water partition coefficient (Wildman–Crippen LogP) is 1.83. The van der Waals surface area contributed by atoms with Crippen molar-refractivity contribution in [2.75, 3.05) is 18.9 Å². The topological polar surface area (TPSA) is 66.0 Å². The van der Waals surface area contributed by atoms with Gasteiger partial charge in [0.25, 0.3) is 0 Å². The van der Waals surface area contributed by atoms with Crippen molar-refractivity contribution in [3.05, 3.63) is 18.5 Å². The van der Waals surface area contributed by atoms with Gasteiger partial charge in [-0.15, -0.1) is 0 Å². The molecule has 1 aliphatic carbocycles. The SMILES string of the molecule is Nc1nc2cnccc2n1CCCOCC1CC1. The Labute approximate surface area is 106 Å². The van der Waals surface area contributed by atoms with E-state index in [2.05, 4.69) is 9.97 Å². The summed E-state index contributed by atoms with van der Waals surface area (Å²) in [5.41, 5.74) is 7.81. The lowest BCUT2D eigenvalue weighted by Crippen LogP contribution is -2.07. The molecule has 2 aromatic heterocycles. The molecule has 5 heteroatoms. The number of anilines is 1. The van der Waals surface area contributed by atoms with E-state index in [1.165, 1.54) is 12.8 Å². The number of ether oxygens (including phenoxy) is 1. The van der Waals surface area contributed by atoms with Crippen molar-refractivity contribution in [3.8, 4) is 0 Å². The monoisotopic (exact) mass is 246 g/mol. The average molecular weight is 246 g/mol. The van der Waals surface area contributed by atoms with Crippen LogP contribution in [-0.2, 0) is 11.3 Å². The Kier molecular flexibility index (Phi) is 3.15. The number of nitrogens with zero attached hydrogens (tertiary/aromatic N) is 3. The summed E-state index contributed by atoms with van der Waals surface area (Å²) in [5, 5.41) is 0. The Balaban J connectivity index is 1.57. The summed E-state index contributed by atoms with van der Waals surface area (Å²) in [7, 11) is 0. The fraction of sp³-hybridized carbons (Fsp3) is 0.538. The molecular formula is C13H18N4O. The zero-order valence-corrected chi connectivity index (χ0v) is 10.4. The Morgan fingerprint density at radius 2 is 2.33 bits per heavy atom. The highest BCUT2D eigenvalue weighted by atomic mass is 16.5. The van der Waals surface area contributed by atoms with Crippen LogP contribution in [0.15, 0.2) is 18.5 Å². The molecular weight excluding hydrogens is 228 g/mol. The van der Waals surface area contributed by atoms with Crippen LogP contribution in [0.25, 0.3) is 11.0 Å². The minimum atomic E-state index is 0.556. The van der Waals surface area contributed by atoms with Gasteiger partial charge in [-0.05, 0) is 31.2 Å². The van der Waals surface area contributed by atoms with E-state index in [4.69, 9.17) is 10.5 Å². The fourth-order valence-electron chi connectivity index (χ4n) is 2.09. The highest BCUT2D eigenvalue weighted by Crippen LogP contribution is 2.28. The standard InChI is InChI=1S/C13H18N4O/c14-13-16-11-8-15-5-4-12(11)17(13)6-1-7-18-9-10-2-3-10/h4-5,8,10H,1-3,6-7,9H2,(H2,14,16). The second-order valence-electron chi connectivity index (χ2n) is 4.86. The Hall–Kier alpha value is -1.62. The quantitative estimate of drug-likeness (QED) is 0.790. The zero-order chi connectivity index (χ0) is 12.4. The molecule has 96 valence electrons. The van der Waals surface area contributed by atoms with E-state index in [1.807, 2.05) is 10.6 Å². The molecule has 0 amide bonds. The van der Waals surface area contributed by atoms with Crippen LogP contribution >= 0.6 is 0 Å². The number of hydrogen-bond donors (Lipinski definition) is 1. The summed E-state index contributed by atoms with van der Waals surface area (Å²) in [4.78, 5) is 8.33. The van der Waals surface area contributed by atoms with E-state index < -0.39 is 0 Å². The second-order valence-corrected chi connectivity index (χ2v) is 4.86. The largest absolute Gasteiger partial charge is 0.381 e. The van der Waals surface area contributed by atoms with Gasteiger partial charge in [-0.25, -0.2) is 4.98 Å². The molecule has 1 saturated carbocycles. The number of pyridine rings is 1. The van der Waals surface area contributed by atoms with Crippen molar-refractivity contribution < 1.29 is 4.74 Å². The van der Waals surface area contributed by atoms with Crippen LogP contribution in [0.2, 0.25) is 0 Å². The van der Waals surface area contributed by atoms with E-state index >= 15 is 0 Å². The first-order valence-electron chi connectivity index (χ1n) is 6.48. The number of rotatable bonds is 6. The van der Waals surface area contributed by atoms with Crippen molar-refractivity contribution >= 4 is 17.0 Å².